The van der Waals surface area contributed by atoms with Crippen LogP contribution in [-0.2, 0) is 32.5 Å². The molecule has 3 aromatic rings. The van der Waals surface area contributed by atoms with Crippen LogP contribution in [0.5, 0.6) is 0 Å². The lowest BCUT2D eigenvalue weighted by Gasteiger charge is -2.20. The number of nitrogens with zero attached hydrogens (tertiary/aromatic N) is 1. The van der Waals surface area contributed by atoms with Gasteiger partial charge in [-0.2, -0.15) is 4.72 Å². The third-order valence-electron chi connectivity index (χ3n) is 5.91. The molecule has 10 heteroatoms. The van der Waals surface area contributed by atoms with Crippen molar-refractivity contribution in [3.05, 3.63) is 89.5 Å². The van der Waals surface area contributed by atoms with Gasteiger partial charge in [-0.1, -0.05) is 36.4 Å². The molecule has 0 bridgehead atoms. The monoisotopic (exact) mass is 507 g/mol. The number of carboxylic acid groups (broad SMARTS) is 1. The number of benzene rings is 3. The number of rotatable bonds is 8. The highest BCUT2D eigenvalue weighted by atomic mass is 32.2. The Labute approximate surface area is 208 Å². The molecule has 0 saturated carbocycles. The van der Waals surface area contributed by atoms with Gasteiger partial charge in [0.25, 0.3) is 0 Å². The van der Waals surface area contributed by atoms with Crippen LogP contribution in [0.3, 0.4) is 0 Å². The van der Waals surface area contributed by atoms with Crippen LogP contribution in [0.15, 0.2) is 77.7 Å². The fourth-order valence-electron chi connectivity index (χ4n) is 4.12. The van der Waals surface area contributed by atoms with Gasteiger partial charge in [0.15, 0.2) is 0 Å². The van der Waals surface area contributed by atoms with Crippen molar-refractivity contribution in [2.75, 3.05) is 16.8 Å². The summed E-state index contributed by atoms with van der Waals surface area (Å²) in [6.45, 7) is 1.94. The standard InChI is InChI=1S/C26H25N3O6S/c1-17(30)29-13-12-19-16-22(10-11-24(19)29)36(34,35)28-23(14-18-6-3-2-4-7-18)25(31)27-21-9-5-8-20(15-21)26(32)33/h2-11,15-16,23,28H,12-14H2,1H3,(H,27,31)(H,32,33)/t23-/m1/s1. The highest BCUT2D eigenvalue weighted by Crippen LogP contribution is 2.30. The Hall–Kier alpha value is -4.02. The second kappa shape index (κ2) is 10.3. The maximum absolute atomic E-state index is 13.3. The highest BCUT2D eigenvalue weighted by Gasteiger charge is 2.29. The van der Waals surface area contributed by atoms with Crippen LogP contribution >= 0.6 is 0 Å². The van der Waals surface area contributed by atoms with Crippen LogP contribution in [0.1, 0.15) is 28.4 Å². The molecule has 0 saturated heterocycles. The van der Waals surface area contributed by atoms with Crippen molar-refractivity contribution in [3.63, 3.8) is 0 Å². The summed E-state index contributed by atoms with van der Waals surface area (Å²) < 4.78 is 29.1. The van der Waals surface area contributed by atoms with Gasteiger partial charge in [-0.05, 0) is 60.4 Å². The lowest BCUT2D eigenvalue weighted by Crippen LogP contribution is -2.45. The minimum absolute atomic E-state index is 0.00858. The Morgan fingerprint density at radius 3 is 2.44 bits per heavy atom. The zero-order valence-electron chi connectivity index (χ0n) is 19.5. The number of hydrogen-bond acceptors (Lipinski definition) is 5. The first-order valence-electron chi connectivity index (χ1n) is 11.3. The lowest BCUT2D eigenvalue weighted by molar-refractivity contribution is -0.118. The number of amides is 2. The Balaban J connectivity index is 1.60. The van der Waals surface area contributed by atoms with Crippen molar-refractivity contribution in [3.8, 4) is 0 Å². The van der Waals surface area contributed by atoms with Gasteiger partial charge in [-0.15, -0.1) is 0 Å². The predicted molar refractivity (Wildman–Crippen MR) is 134 cm³/mol. The number of hydrogen-bond donors (Lipinski definition) is 3. The molecule has 0 unspecified atom stereocenters. The number of sulfonamides is 1. The van der Waals surface area contributed by atoms with E-state index >= 15 is 0 Å². The van der Waals surface area contributed by atoms with Gasteiger partial charge in [0.05, 0.1) is 10.5 Å². The van der Waals surface area contributed by atoms with Crippen molar-refractivity contribution < 1.29 is 27.9 Å². The molecule has 36 heavy (non-hydrogen) atoms. The molecule has 186 valence electrons. The maximum atomic E-state index is 13.3. The molecule has 4 rings (SSSR count). The summed E-state index contributed by atoms with van der Waals surface area (Å²) in [7, 11) is -4.11. The molecule has 1 heterocycles. The molecule has 1 aliphatic heterocycles. The van der Waals surface area contributed by atoms with Gasteiger partial charge < -0.3 is 15.3 Å². The number of fused-ring (bicyclic) bond motifs is 1. The van der Waals surface area contributed by atoms with E-state index < -0.39 is 27.9 Å². The summed E-state index contributed by atoms with van der Waals surface area (Å²) in [6.07, 6.45) is 0.611. The third kappa shape index (κ3) is 5.61. The fourth-order valence-corrected chi connectivity index (χ4v) is 5.37. The van der Waals surface area contributed by atoms with E-state index in [0.717, 1.165) is 11.1 Å². The summed E-state index contributed by atoms with van der Waals surface area (Å²) in [4.78, 5) is 37.8. The molecular weight excluding hydrogens is 482 g/mol. The van der Waals surface area contributed by atoms with Gasteiger partial charge in [-0.25, -0.2) is 13.2 Å². The van der Waals surface area contributed by atoms with Crippen molar-refractivity contribution in [2.45, 2.75) is 30.7 Å². The molecule has 0 aliphatic carbocycles. The van der Waals surface area contributed by atoms with E-state index in [1.165, 1.54) is 43.3 Å². The molecule has 0 radical (unpaired) electrons. The van der Waals surface area contributed by atoms with Crippen molar-refractivity contribution >= 4 is 39.2 Å². The van der Waals surface area contributed by atoms with Crippen LogP contribution < -0.4 is 14.9 Å². The maximum Gasteiger partial charge on any atom is 0.335 e. The molecule has 2 amide bonds. The Kier molecular flexibility index (Phi) is 7.18. The van der Waals surface area contributed by atoms with E-state index in [9.17, 15) is 27.9 Å². The molecule has 3 aromatic carbocycles. The van der Waals surface area contributed by atoms with Gasteiger partial charge >= 0.3 is 5.97 Å². The first-order valence-corrected chi connectivity index (χ1v) is 12.7. The normalized spacial score (nSPS) is 13.6. The first-order chi connectivity index (χ1) is 17.1. The number of carboxylic acids is 1. The number of nitrogens with one attached hydrogen (secondary N) is 2. The van der Waals surface area contributed by atoms with Crippen LogP contribution in [0.25, 0.3) is 0 Å². The predicted octanol–water partition coefficient (Wildman–Crippen LogP) is 2.82. The smallest absolute Gasteiger partial charge is 0.335 e. The lowest BCUT2D eigenvalue weighted by atomic mass is 10.1. The van der Waals surface area contributed by atoms with Crippen molar-refractivity contribution in [1.82, 2.24) is 4.72 Å². The zero-order chi connectivity index (χ0) is 25.9. The Morgan fingerprint density at radius 1 is 1.00 bits per heavy atom. The molecule has 0 spiro atoms. The van der Waals surface area contributed by atoms with Crippen LogP contribution in [0.2, 0.25) is 0 Å². The number of carbonyl (C=O) groups excluding carboxylic acids is 2. The Bertz CT molecular complexity index is 1420. The molecule has 9 nitrogen and oxygen atoms in total. The summed E-state index contributed by atoms with van der Waals surface area (Å²) in [6, 6.07) is 18.0. The highest BCUT2D eigenvalue weighted by molar-refractivity contribution is 7.89. The van der Waals surface area contributed by atoms with E-state index in [1.807, 2.05) is 6.07 Å². The SMILES string of the molecule is CC(=O)N1CCc2cc(S(=O)(=O)N[C@H](Cc3ccccc3)C(=O)Nc3cccc(C(=O)O)c3)ccc21. The van der Waals surface area contributed by atoms with Crippen LogP contribution in [0.4, 0.5) is 11.4 Å². The molecule has 1 aliphatic rings. The number of aromatic carboxylic acids is 1. The van der Waals surface area contributed by atoms with Crippen molar-refractivity contribution in [1.29, 1.82) is 0 Å². The minimum atomic E-state index is -4.11. The van der Waals surface area contributed by atoms with Gasteiger partial charge in [0, 0.05) is 24.8 Å². The van der Waals surface area contributed by atoms with Gasteiger partial charge in [-0.3, -0.25) is 9.59 Å². The molecule has 3 N–H and O–H groups in total. The minimum Gasteiger partial charge on any atom is -0.478 e. The second-order valence-electron chi connectivity index (χ2n) is 8.45. The molecule has 0 aromatic heterocycles. The zero-order valence-corrected chi connectivity index (χ0v) is 20.3. The topological polar surface area (TPSA) is 133 Å². The van der Waals surface area contributed by atoms with Gasteiger partial charge in [0.2, 0.25) is 21.8 Å². The molecule has 0 fully saturated rings. The van der Waals surface area contributed by atoms with Crippen LogP contribution in [-0.4, -0.2) is 43.9 Å². The quantitative estimate of drug-likeness (QED) is 0.430. The summed E-state index contributed by atoms with van der Waals surface area (Å²) in [5.41, 5.74) is 2.39. The van der Waals surface area contributed by atoms with Crippen LogP contribution in [0, 0.1) is 0 Å². The first kappa shape index (κ1) is 25.1. The van der Waals surface area contributed by atoms with E-state index in [1.54, 1.807) is 35.2 Å². The largest absolute Gasteiger partial charge is 0.478 e. The average molecular weight is 508 g/mol. The molecule has 1 atom stereocenters. The van der Waals surface area contributed by atoms with E-state index in [0.29, 0.717) is 18.7 Å². The fraction of sp³-hybridized carbons (Fsp3) is 0.192. The molecular formula is C26H25N3O6S. The second-order valence-corrected chi connectivity index (χ2v) is 10.2. The van der Waals surface area contributed by atoms with Crippen molar-refractivity contribution in [2.24, 2.45) is 0 Å². The summed E-state index contributed by atoms with van der Waals surface area (Å²) in [5, 5.41) is 11.8. The van der Waals surface area contributed by atoms with E-state index in [-0.39, 0.29) is 28.5 Å². The Morgan fingerprint density at radius 2 is 1.75 bits per heavy atom. The number of anilines is 2. The average Bonchev–Trinajstić information content (AvgIpc) is 3.28. The number of carbonyl (C=O) groups is 3. The van der Waals surface area contributed by atoms with Gasteiger partial charge in [0.1, 0.15) is 6.04 Å². The third-order valence-corrected chi connectivity index (χ3v) is 7.38. The van der Waals surface area contributed by atoms with E-state index in [4.69, 9.17) is 0 Å². The summed E-state index contributed by atoms with van der Waals surface area (Å²) >= 11 is 0. The van der Waals surface area contributed by atoms with E-state index in [2.05, 4.69) is 10.0 Å². The summed E-state index contributed by atoms with van der Waals surface area (Å²) in [5.74, 6) is -1.89.